The lowest BCUT2D eigenvalue weighted by molar-refractivity contribution is 0.197. The average Bonchev–Trinajstić information content (AvgIpc) is 2.39. The van der Waals surface area contributed by atoms with E-state index in [0.29, 0.717) is 5.95 Å². The van der Waals surface area contributed by atoms with Crippen LogP contribution in [-0.4, -0.2) is 36.8 Å². The molecule has 108 valence electrons. The molecule has 2 N–H and O–H groups in total. The summed E-state index contributed by atoms with van der Waals surface area (Å²) in [4.78, 5) is 8.83. The number of hydrogen-bond donors (Lipinski definition) is 2. The Morgan fingerprint density at radius 2 is 1.89 bits per heavy atom. The third-order valence-corrected chi connectivity index (χ3v) is 2.75. The molecule has 0 fully saturated rings. The molecule has 0 amide bonds. The van der Waals surface area contributed by atoms with E-state index in [-0.39, 0.29) is 0 Å². The molecule has 5 heteroatoms. The molecule has 0 radical (unpaired) electrons. The molecule has 0 saturated heterocycles. The van der Waals surface area contributed by atoms with E-state index in [1.807, 2.05) is 13.0 Å². The van der Waals surface area contributed by atoms with Crippen LogP contribution in [0.3, 0.4) is 0 Å². The number of anilines is 2. The topological polar surface area (TPSA) is 59.1 Å². The Morgan fingerprint density at radius 1 is 1.11 bits per heavy atom. The zero-order chi connectivity index (χ0) is 13.9. The van der Waals surface area contributed by atoms with E-state index in [0.717, 1.165) is 37.6 Å². The molecule has 0 aromatic carbocycles. The summed E-state index contributed by atoms with van der Waals surface area (Å²) in [5, 5.41) is 6.57. The van der Waals surface area contributed by atoms with Crippen molar-refractivity contribution in [3.63, 3.8) is 0 Å². The molecule has 1 heterocycles. The minimum Gasteiger partial charge on any atom is -0.385 e. The highest BCUT2D eigenvalue weighted by atomic mass is 16.5. The lowest BCUT2D eigenvalue weighted by atomic mass is 10.2. The van der Waals surface area contributed by atoms with Gasteiger partial charge in [-0.15, -0.1) is 0 Å². The van der Waals surface area contributed by atoms with Crippen molar-refractivity contribution in [2.24, 2.45) is 0 Å². The van der Waals surface area contributed by atoms with Crippen molar-refractivity contribution in [1.82, 2.24) is 9.97 Å². The van der Waals surface area contributed by atoms with Gasteiger partial charge in [0.25, 0.3) is 0 Å². The fourth-order valence-corrected chi connectivity index (χ4v) is 1.75. The minimum absolute atomic E-state index is 0.689. The van der Waals surface area contributed by atoms with Crippen molar-refractivity contribution in [2.45, 2.75) is 39.5 Å². The first-order valence-corrected chi connectivity index (χ1v) is 7.08. The van der Waals surface area contributed by atoms with Crippen molar-refractivity contribution in [2.75, 3.05) is 37.4 Å². The number of hydrogen-bond acceptors (Lipinski definition) is 5. The number of rotatable bonds is 10. The standard InChI is InChI=1S/C14H26N4O/c1-4-5-6-8-15-13-11-12(2)17-14(18-13)16-9-7-10-19-3/h11H,4-10H2,1-3H3,(H2,15,16,17,18). The van der Waals surface area contributed by atoms with Gasteiger partial charge in [-0.2, -0.15) is 4.98 Å². The Kier molecular flexibility index (Phi) is 7.89. The van der Waals surface area contributed by atoms with E-state index in [2.05, 4.69) is 27.5 Å². The quantitative estimate of drug-likeness (QED) is 0.638. The van der Waals surface area contributed by atoms with Crippen LogP contribution in [0, 0.1) is 6.92 Å². The number of nitrogens with zero attached hydrogens (tertiary/aromatic N) is 2. The molecule has 1 rings (SSSR count). The Balaban J connectivity index is 2.41. The van der Waals surface area contributed by atoms with Crippen LogP contribution >= 0.6 is 0 Å². The maximum absolute atomic E-state index is 5.01. The van der Waals surface area contributed by atoms with E-state index in [1.54, 1.807) is 7.11 Å². The largest absolute Gasteiger partial charge is 0.385 e. The van der Waals surface area contributed by atoms with Gasteiger partial charge in [0.2, 0.25) is 5.95 Å². The van der Waals surface area contributed by atoms with Crippen molar-refractivity contribution in [3.8, 4) is 0 Å². The highest BCUT2D eigenvalue weighted by Crippen LogP contribution is 2.10. The number of aromatic nitrogens is 2. The molecule has 1 aromatic heterocycles. The molecule has 1 aromatic rings. The molecule has 0 aliphatic carbocycles. The van der Waals surface area contributed by atoms with Crippen LogP contribution < -0.4 is 10.6 Å². The molecular formula is C14H26N4O. The number of ether oxygens (including phenoxy) is 1. The van der Waals surface area contributed by atoms with Crippen molar-refractivity contribution in [1.29, 1.82) is 0 Å². The average molecular weight is 266 g/mol. The monoisotopic (exact) mass is 266 g/mol. The molecule has 0 bridgehead atoms. The summed E-state index contributed by atoms with van der Waals surface area (Å²) in [6, 6.07) is 1.98. The molecule has 0 aliphatic heterocycles. The van der Waals surface area contributed by atoms with Gasteiger partial charge >= 0.3 is 0 Å². The van der Waals surface area contributed by atoms with Gasteiger partial charge in [0, 0.05) is 38.6 Å². The summed E-state index contributed by atoms with van der Waals surface area (Å²) in [7, 11) is 1.71. The van der Waals surface area contributed by atoms with E-state index in [1.165, 1.54) is 19.3 Å². The van der Waals surface area contributed by atoms with E-state index in [9.17, 15) is 0 Å². The summed E-state index contributed by atoms with van der Waals surface area (Å²) < 4.78 is 5.01. The van der Waals surface area contributed by atoms with Crippen LogP contribution in [0.5, 0.6) is 0 Å². The molecule has 0 aliphatic rings. The summed E-state index contributed by atoms with van der Waals surface area (Å²) in [5.74, 6) is 1.59. The van der Waals surface area contributed by atoms with E-state index >= 15 is 0 Å². The molecule has 19 heavy (non-hydrogen) atoms. The third kappa shape index (κ3) is 6.96. The molecule has 0 atom stereocenters. The SMILES string of the molecule is CCCCCNc1cc(C)nc(NCCCOC)n1. The van der Waals surface area contributed by atoms with E-state index in [4.69, 9.17) is 4.74 Å². The fraction of sp³-hybridized carbons (Fsp3) is 0.714. The number of unbranched alkanes of at least 4 members (excludes halogenated alkanes) is 2. The predicted octanol–water partition coefficient (Wildman–Crippen LogP) is 2.84. The zero-order valence-corrected chi connectivity index (χ0v) is 12.3. The normalized spacial score (nSPS) is 10.5. The van der Waals surface area contributed by atoms with Crippen molar-refractivity contribution in [3.05, 3.63) is 11.8 Å². The van der Waals surface area contributed by atoms with Crippen LogP contribution in [-0.2, 0) is 4.74 Å². The second-order valence-electron chi connectivity index (χ2n) is 4.63. The first-order valence-electron chi connectivity index (χ1n) is 7.08. The number of nitrogens with one attached hydrogen (secondary N) is 2. The maximum atomic E-state index is 5.01. The fourth-order valence-electron chi connectivity index (χ4n) is 1.75. The number of methoxy groups -OCH3 is 1. The van der Waals surface area contributed by atoms with Crippen LogP contribution in [0.25, 0.3) is 0 Å². The zero-order valence-electron chi connectivity index (χ0n) is 12.3. The van der Waals surface area contributed by atoms with Gasteiger partial charge in [-0.1, -0.05) is 19.8 Å². The molecule has 0 spiro atoms. The second-order valence-corrected chi connectivity index (χ2v) is 4.63. The summed E-state index contributed by atoms with van der Waals surface area (Å²) in [5.41, 5.74) is 0.974. The second kappa shape index (κ2) is 9.55. The van der Waals surface area contributed by atoms with Crippen molar-refractivity contribution < 1.29 is 4.74 Å². The molecule has 0 unspecified atom stereocenters. The Bertz CT molecular complexity index is 327. The lowest BCUT2D eigenvalue weighted by Crippen LogP contribution is -2.10. The summed E-state index contributed by atoms with van der Waals surface area (Å²) >= 11 is 0. The summed E-state index contributed by atoms with van der Waals surface area (Å²) in [6.07, 6.45) is 4.61. The third-order valence-electron chi connectivity index (χ3n) is 2.75. The van der Waals surface area contributed by atoms with Gasteiger partial charge in [0.1, 0.15) is 5.82 Å². The van der Waals surface area contributed by atoms with E-state index < -0.39 is 0 Å². The maximum Gasteiger partial charge on any atom is 0.224 e. The van der Waals surface area contributed by atoms with Gasteiger partial charge in [0.15, 0.2) is 0 Å². The van der Waals surface area contributed by atoms with Gasteiger partial charge in [-0.05, 0) is 19.8 Å². The Hall–Kier alpha value is -1.36. The lowest BCUT2D eigenvalue weighted by Gasteiger charge is -2.09. The van der Waals surface area contributed by atoms with Gasteiger partial charge in [-0.25, -0.2) is 4.98 Å². The van der Waals surface area contributed by atoms with Gasteiger partial charge in [0.05, 0.1) is 0 Å². The minimum atomic E-state index is 0.689. The van der Waals surface area contributed by atoms with Crippen molar-refractivity contribution >= 4 is 11.8 Å². The smallest absolute Gasteiger partial charge is 0.224 e. The van der Waals surface area contributed by atoms with Gasteiger partial charge < -0.3 is 15.4 Å². The predicted molar refractivity (Wildman–Crippen MR) is 79.8 cm³/mol. The van der Waals surface area contributed by atoms with Crippen LogP contribution in [0.2, 0.25) is 0 Å². The first kappa shape index (κ1) is 15.7. The highest BCUT2D eigenvalue weighted by molar-refractivity contribution is 5.42. The Morgan fingerprint density at radius 3 is 2.63 bits per heavy atom. The molecule has 5 nitrogen and oxygen atoms in total. The number of aryl methyl sites for hydroxylation is 1. The summed E-state index contributed by atoms with van der Waals surface area (Å²) in [6.45, 7) is 6.73. The van der Waals surface area contributed by atoms with Gasteiger partial charge in [-0.3, -0.25) is 0 Å². The Labute approximate surface area is 116 Å². The highest BCUT2D eigenvalue weighted by Gasteiger charge is 2.01. The first-order chi connectivity index (χ1) is 9.26. The molecular weight excluding hydrogens is 240 g/mol. The van der Waals surface area contributed by atoms with Crippen LogP contribution in [0.15, 0.2) is 6.07 Å². The molecule has 0 saturated carbocycles. The van der Waals surface area contributed by atoms with Crippen LogP contribution in [0.1, 0.15) is 38.3 Å². The van der Waals surface area contributed by atoms with Crippen LogP contribution in [0.4, 0.5) is 11.8 Å².